The average Bonchev–Trinajstić information content (AvgIpc) is 3.42. The second kappa shape index (κ2) is 8.00. The fourth-order valence-electron chi connectivity index (χ4n) is 2.93. The second-order valence-electron chi connectivity index (χ2n) is 6.48. The van der Waals surface area contributed by atoms with Gasteiger partial charge in [-0.1, -0.05) is 24.3 Å². The van der Waals surface area contributed by atoms with Gasteiger partial charge in [0.05, 0.1) is 28.2 Å². The highest BCUT2D eigenvalue weighted by molar-refractivity contribution is 7.91. The van der Waals surface area contributed by atoms with Crippen molar-refractivity contribution in [2.24, 2.45) is 0 Å². The van der Waals surface area contributed by atoms with Crippen molar-refractivity contribution in [2.45, 2.75) is 18.4 Å². The number of carbonyl (C=O) groups excluding carboxylic acids is 1. The summed E-state index contributed by atoms with van der Waals surface area (Å²) in [6.07, 6.45) is 1.50. The number of amides is 1. The maximum Gasteiger partial charge on any atom is 0.260 e. The number of sulfone groups is 1. The van der Waals surface area contributed by atoms with Crippen molar-refractivity contribution < 1.29 is 22.0 Å². The van der Waals surface area contributed by atoms with E-state index in [1.165, 1.54) is 52.8 Å². The molecule has 2 aromatic carbocycles. The largest absolute Gasteiger partial charge is 0.467 e. The van der Waals surface area contributed by atoms with Gasteiger partial charge in [0.1, 0.15) is 17.1 Å². The Morgan fingerprint density at radius 3 is 2.53 bits per heavy atom. The van der Waals surface area contributed by atoms with E-state index >= 15 is 0 Å². The number of benzene rings is 2. The molecule has 0 saturated heterocycles. The highest BCUT2D eigenvalue weighted by Crippen LogP contribution is 2.32. The van der Waals surface area contributed by atoms with Crippen molar-refractivity contribution in [1.82, 2.24) is 4.98 Å². The minimum Gasteiger partial charge on any atom is -0.467 e. The Kier molecular flexibility index (Phi) is 5.40. The van der Waals surface area contributed by atoms with Crippen LogP contribution in [0.25, 0.3) is 10.2 Å². The number of anilines is 1. The molecule has 0 fully saturated rings. The van der Waals surface area contributed by atoms with Crippen molar-refractivity contribution in [3.63, 3.8) is 0 Å². The topological polar surface area (TPSA) is 80.5 Å². The molecule has 0 radical (unpaired) electrons. The predicted octanol–water partition coefficient (Wildman–Crippen LogP) is 4.67. The standard InChI is InChI=1S/C21H17FN2O4S2/c1-2-30(26,27)16-10-8-14(9-11-16)20(25)24(13-15-5-4-12-28-15)21-23-19-17(22)6-3-7-18(19)29-21/h3-12H,2,13H2,1H3. The van der Waals surface area contributed by atoms with Crippen LogP contribution in [0.3, 0.4) is 0 Å². The fraction of sp³-hybridized carbons (Fsp3) is 0.143. The summed E-state index contributed by atoms with van der Waals surface area (Å²) in [5.74, 6) is -0.351. The minimum absolute atomic E-state index is 0.0256. The third-order valence-corrected chi connectivity index (χ3v) is 7.36. The Morgan fingerprint density at radius 2 is 1.90 bits per heavy atom. The molecule has 1 amide bonds. The van der Waals surface area contributed by atoms with E-state index in [9.17, 15) is 17.6 Å². The highest BCUT2D eigenvalue weighted by atomic mass is 32.2. The Balaban J connectivity index is 1.73. The van der Waals surface area contributed by atoms with Crippen molar-refractivity contribution in [3.05, 3.63) is 78.0 Å². The van der Waals surface area contributed by atoms with Crippen LogP contribution in [0.4, 0.5) is 9.52 Å². The molecule has 0 saturated carbocycles. The van der Waals surface area contributed by atoms with E-state index in [1.807, 2.05) is 0 Å². The summed E-state index contributed by atoms with van der Waals surface area (Å²) in [7, 11) is -3.37. The maximum absolute atomic E-state index is 14.1. The number of hydrogen-bond acceptors (Lipinski definition) is 6. The third kappa shape index (κ3) is 3.86. The number of halogens is 1. The molecule has 0 unspecified atom stereocenters. The molecule has 0 aliphatic heterocycles. The second-order valence-corrected chi connectivity index (χ2v) is 9.77. The Morgan fingerprint density at radius 1 is 1.13 bits per heavy atom. The van der Waals surface area contributed by atoms with Crippen LogP contribution in [0.2, 0.25) is 0 Å². The van der Waals surface area contributed by atoms with Crippen molar-refractivity contribution in [3.8, 4) is 0 Å². The van der Waals surface area contributed by atoms with E-state index in [1.54, 1.807) is 31.2 Å². The van der Waals surface area contributed by atoms with Gasteiger partial charge >= 0.3 is 0 Å². The van der Waals surface area contributed by atoms with Gasteiger partial charge in [-0.2, -0.15) is 0 Å². The zero-order chi connectivity index (χ0) is 21.3. The zero-order valence-corrected chi connectivity index (χ0v) is 17.5. The molecular weight excluding hydrogens is 427 g/mol. The lowest BCUT2D eigenvalue weighted by Crippen LogP contribution is -2.30. The number of carbonyl (C=O) groups is 1. The Hall–Kier alpha value is -3.04. The first-order valence-corrected chi connectivity index (χ1v) is 11.6. The van der Waals surface area contributed by atoms with Gasteiger partial charge in [0.25, 0.3) is 5.91 Å². The molecule has 4 rings (SSSR count). The molecule has 6 nitrogen and oxygen atoms in total. The number of fused-ring (bicyclic) bond motifs is 1. The molecule has 2 aromatic heterocycles. The van der Waals surface area contributed by atoms with Crippen molar-refractivity contribution in [1.29, 1.82) is 0 Å². The number of furan rings is 1. The Labute approximate surface area is 176 Å². The van der Waals surface area contributed by atoms with E-state index < -0.39 is 21.6 Å². The van der Waals surface area contributed by atoms with E-state index in [0.717, 1.165) is 0 Å². The van der Waals surface area contributed by atoms with E-state index in [4.69, 9.17) is 4.42 Å². The first kappa shape index (κ1) is 20.2. The molecule has 9 heteroatoms. The summed E-state index contributed by atoms with van der Waals surface area (Å²) < 4.78 is 44.2. The lowest BCUT2D eigenvalue weighted by atomic mass is 10.2. The molecule has 2 heterocycles. The van der Waals surface area contributed by atoms with Gasteiger partial charge in [0.2, 0.25) is 0 Å². The van der Waals surface area contributed by atoms with Crippen LogP contribution in [0, 0.1) is 5.82 Å². The predicted molar refractivity (Wildman–Crippen MR) is 113 cm³/mol. The molecule has 0 N–H and O–H groups in total. The average molecular weight is 445 g/mol. The smallest absolute Gasteiger partial charge is 0.260 e. The zero-order valence-electron chi connectivity index (χ0n) is 15.9. The van der Waals surface area contributed by atoms with E-state index in [-0.39, 0.29) is 28.3 Å². The fourth-order valence-corrected chi connectivity index (χ4v) is 4.79. The highest BCUT2D eigenvalue weighted by Gasteiger charge is 2.24. The number of thiazole rings is 1. The van der Waals surface area contributed by atoms with Crippen LogP contribution in [-0.4, -0.2) is 25.1 Å². The molecule has 0 aliphatic rings. The molecule has 0 atom stereocenters. The molecular formula is C21H17FN2O4S2. The van der Waals surface area contributed by atoms with Gasteiger partial charge < -0.3 is 4.42 Å². The van der Waals surface area contributed by atoms with E-state index in [2.05, 4.69) is 4.98 Å². The summed E-state index contributed by atoms with van der Waals surface area (Å²) in [5.41, 5.74) is 0.482. The normalized spacial score (nSPS) is 11.7. The van der Waals surface area contributed by atoms with Crippen LogP contribution in [0.5, 0.6) is 0 Å². The van der Waals surface area contributed by atoms with Gasteiger partial charge in [-0.25, -0.2) is 17.8 Å². The molecule has 0 spiro atoms. The summed E-state index contributed by atoms with van der Waals surface area (Å²) in [4.78, 5) is 19.1. The third-order valence-electron chi connectivity index (χ3n) is 4.57. The molecule has 154 valence electrons. The van der Waals surface area contributed by atoms with Crippen LogP contribution in [0.15, 0.2) is 70.2 Å². The van der Waals surface area contributed by atoms with E-state index in [0.29, 0.717) is 15.6 Å². The van der Waals surface area contributed by atoms with Gasteiger partial charge in [0, 0.05) is 5.56 Å². The summed E-state index contributed by atoms with van der Waals surface area (Å²) >= 11 is 1.19. The Bertz CT molecular complexity index is 1300. The molecule has 0 aliphatic carbocycles. The minimum atomic E-state index is -3.37. The van der Waals surface area contributed by atoms with Crippen LogP contribution < -0.4 is 4.90 Å². The summed E-state index contributed by atoms with van der Waals surface area (Å²) in [6.45, 7) is 1.66. The van der Waals surface area contributed by atoms with Crippen LogP contribution in [0.1, 0.15) is 23.0 Å². The van der Waals surface area contributed by atoms with Crippen molar-refractivity contribution in [2.75, 3.05) is 10.7 Å². The molecule has 4 aromatic rings. The number of para-hydroxylation sites is 1. The van der Waals surface area contributed by atoms with Crippen LogP contribution in [-0.2, 0) is 16.4 Å². The SMILES string of the molecule is CCS(=O)(=O)c1ccc(C(=O)N(Cc2ccco2)c2nc3c(F)cccc3s2)cc1. The molecule has 0 bridgehead atoms. The first-order chi connectivity index (χ1) is 14.4. The van der Waals surface area contributed by atoms with Crippen LogP contribution >= 0.6 is 11.3 Å². The number of aromatic nitrogens is 1. The van der Waals surface area contributed by atoms with Gasteiger partial charge in [-0.05, 0) is 48.5 Å². The number of rotatable bonds is 6. The monoisotopic (exact) mass is 444 g/mol. The summed E-state index contributed by atoms with van der Waals surface area (Å²) in [5, 5.41) is 0.321. The van der Waals surface area contributed by atoms with Gasteiger partial charge in [-0.15, -0.1) is 0 Å². The quantitative estimate of drug-likeness (QED) is 0.432. The lowest BCUT2D eigenvalue weighted by molar-refractivity contribution is 0.0983. The maximum atomic E-state index is 14.1. The first-order valence-electron chi connectivity index (χ1n) is 9.11. The lowest BCUT2D eigenvalue weighted by Gasteiger charge is -2.19. The molecule has 30 heavy (non-hydrogen) atoms. The van der Waals surface area contributed by atoms with Gasteiger partial charge in [0.15, 0.2) is 15.0 Å². The number of nitrogens with zero attached hydrogens (tertiary/aromatic N) is 2. The van der Waals surface area contributed by atoms with Crippen molar-refractivity contribution >= 4 is 42.4 Å². The number of hydrogen-bond donors (Lipinski definition) is 0. The van der Waals surface area contributed by atoms with Gasteiger partial charge in [-0.3, -0.25) is 9.69 Å². The summed E-state index contributed by atoms with van der Waals surface area (Å²) in [6, 6.07) is 13.8.